The Labute approximate surface area is 180 Å². The van der Waals surface area contributed by atoms with E-state index in [9.17, 15) is 9.59 Å². The number of furan rings is 1. The van der Waals surface area contributed by atoms with Gasteiger partial charge in [0.1, 0.15) is 0 Å². The van der Waals surface area contributed by atoms with Crippen molar-refractivity contribution in [3.63, 3.8) is 0 Å². The molecule has 0 spiro atoms. The molecule has 2 aromatic heterocycles. The van der Waals surface area contributed by atoms with Gasteiger partial charge in [-0.05, 0) is 47.8 Å². The van der Waals surface area contributed by atoms with E-state index in [0.717, 1.165) is 5.69 Å². The molecule has 1 aromatic carbocycles. The smallest absolute Gasteiger partial charge is 0.293 e. The molecule has 150 valence electrons. The third-order valence-electron chi connectivity index (χ3n) is 4.13. The molecule has 1 aliphatic rings. The van der Waals surface area contributed by atoms with Crippen LogP contribution in [-0.2, 0) is 11.2 Å². The number of hydrogen-bond donors (Lipinski definition) is 2. The number of amides is 2. The Morgan fingerprint density at radius 3 is 2.79 bits per heavy atom. The second-order valence-electron chi connectivity index (χ2n) is 6.35. The van der Waals surface area contributed by atoms with Crippen LogP contribution in [0.5, 0.6) is 0 Å². The molecule has 0 radical (unpaired) electrons. The van der Waals surface area contributed by atoms with Gasteiger partial charge in [-0.3, -0.25) is 14.9 Å². The number of rotatable bonds is 6. The van der Waals surface area contributed by atoms with Crippen LogP contribution in [-0.4, -0.2) is 28.3 Å². The van der Waals surface area contributed by atoms with Crippen molar-refractivity contribution < 1.29 is 14.0 Å². The zero-order valence-electron chi connectivity index (χ0n) is 15.4. The number of carbonyl (C=O) groups excluding carboxylic acids is 2. The first-order valence-corrected chi connectivity index (χ1v) is 12.1. The molecule has 0 atom stereocenters. The summed E-state index contributed by atoms with van der Waals surface area (Å²) in [5.74, 6) is 2.07. The van der Waals surface area contributed by atoms with Crippen molar-refractivity contribution in [3.05, 3.63) is 65.1 Å². The van der Waals surface area contributed by atoms with Crippen LogP contribution in [0.2, 0.25) is 0 Å². The van der Waals surface area contributed by atoms with Crippen LogP contribution in [0.1, 0.15) is 32.8 Å². The highest BCUT2D eigenvalue weighted by Crippen LogP contribution is 2.44. The molecule has 0 unspecified atom stereocenters. The van der Waals surface area contributed by atoms with Crippen molar-refractivity contribution in [1.29, 1.82) is 0 Å². The van der Waals surface area contributed by atoms with Crippen LogP contribution >= 0.6 is 34.9 Å². The Kier molecular flexibility index (Phi) is 6.58. The first-order chi connectivity index (χ1) is 14.2. The molecule has 9 heteroatoms. The number of anilines is 2. The molecule has 2 N–H and O–H groups in total. The summed E-state index contributed by atoms with van der Waals surface area (Å²) >= 11 is 5.18. The summed E-state index contributed by atoms with van der Waals surface area (Å²) in [6.45, 7) is 0. The Bertz CT molecular complexity index is 982. The average molecular weight is 446 g/mol. The molecule has 4 rings (SSSR count). The summed E-state index contributed by atoms with van der Waals surface area (Å²) in [5.41, 5.74) is 2.63. The monoisotopic (exact) mass is 445 g/mol. The number of aromatic nitrogens is 1. The van der Waals surface area contributed by atoms with Gasteiger partial charge in [0.15, 0.2) is 10.9 Å². The standard InChI is InChI=1S/C20H19N3O3S3/c24-17(21-14-5-1-4-13(10-14)19-27-8-3-9-28-19)11-15-12-29-20(22-15)23-18(25)16-6-2-7-26-16/h1-2,4-7,10,12,19H,3,8-9,11H2,(H,21,24)(H,22,23,25). The van der Waals surface area contributed by atoms with Crippen LogP contribution in [0.4, 0.5) is 10.8 Å². The van der Waals surface area contributed by atoms with E-state index in [4.69, 9.17) is 4.42 Å². The minimum atomic E-state index is -0.365. The number of thiazole rings is 1. The van der Waals surface area contributed by atoms with Crippen LogP contribution < -0.4 is 10.6 Å². The normalized spacial score (nSPS) is 14.5. The van der Waals surface area contributed by atoms with E-state index in [2.05, 4.69) is 21.7 Å². The van der Waals surface area contributed by atoms with Gasteiger partial charge < -0.3 is 9.73 Å². The van der Waals surface area contributed by atoms with Gasteiger partial charge in [-0.1, -0.05) is 12.1 Å². The zero-order chi connectivity index (χ0) is 20.1. The van der Waals surface area contributed by atoms with Crippen molar-refractivity contribution >= 4 is 57.5 Å². The van der Waals surface area contributed by atoms with Gasteiger partial charge in [0.05, 0.1) is 23.0 Å². The predicted octanol–water partition coefficient (Wildman–Crippen LogP) is 5.04. The van der Waals surface area contributed by atoms with Gasteiger partial charge >= 0.3 is 0 Å². The molecule has 1 aliphatic heterocycles. The fraction of sp³-hybridized carbons (Fsp3) is 0.250. The first kappa shape index (κ1) is 20.1. The highest BCUT2D eigenvalue weighted by Gasteiger charge is 2.17. The van der Waals surface area contributed by atoms with Gasteiger partial charge in [-0.15, -0.1) is 34.9 Å². The summed E-state index contributed by atoms with van der Waals surface area (Å²) in [4.78, 5) is 28.7. The molecular weight excluding hydrogens is 426 g/mol. The summed E-state index contributed by atoms with van der Waals surface area (Å²) in [7, 11) is 0. The number of thioether (sulfide) groups is 2. The van der Waals surface area contributed by atoms with E-state index in [-0.39, 0.29) is 24.0 Å². The molecule has 29 heavy (non-hydrogen) atoms. The van der Waals surface area contributed by atoms with Crippen LogP contribution in [0.25, 0.3) is 0 Å². The lowest BCUT2D eigenvalue weighted by Crippen LogP contribution is -2.15. The van der Waals surface area contributed by atoms with Crippen LogP contribution in [0.15, 0.2) is 52.5 Å². The molecule has 3 aromatic rings. The van der Waals surface area contributed by atoms with Gasteiger partial charge in [-0.25, -0.2) is 4.98 Å². The molecule has 3 heterocycles. The van der Waals surface area contributed by atoms with Crippen LogP contribution in [0, 0.1) is 0 Å². The summed E-state index contributed by atoms with van der Waals surface area (Å²) < 4.78 is 5.49. The second-order valence-corrected chi connectivity index (χ2v) is 9.94. The lowest BCUT2D eigenvalue weighted by atomic mass is 10.2. The van der Waals surface area contributed by atoms with Crippen molar-refractivity contribution in [3.8, 4) is 0 Å². The predicted molar refractivity (Wildman–Crippen MR) is 120 cm³/mol. The van der Waals surface area contributed by atoms with Crippen LogP contribution in [0.3, 0.4) is 0 Å². The van der Waals surface area contributed by atoms with E-state index in [1.807, 2.05) is 41.7 Å². The molecule has 0 aliphatic carbocycles. The maximum atomic E-state index is 12.4. The van der Waals surface area contributed by atoms with Crippen molar-refractivity contribution in [2.45, 2.75) is 17.4 Å². The summed E-state index contributed by atoms with van der Waals surface area (Å²) in [6.07, 6.45) is 2.83. The Hall–Kier alpha value is -2.23. The molecule has 1 saturated heterocycles. The Morgan fingerprint density at radius 2 is 2.00 bits per heavy atom. The van der Waals surface area contributed by atoms with Gasteiger partial charge in [-0.2, -0.15) is 0 Å². The van der Waals surface area contributed by atoms with Gasteiger partial charge in [0.25, 0.3) is 5.91 Å². The van der Waals surface area contributed by atoms with Gasteiger partial charge in [0.2, 0.25) is 5.91 Å². The fourth-order valence-electron chi connectivity index (χ4n) is 2.83. The number of benzene rings is 1. The molecule has 0 bridgehead atoms. The van der Waals surface area contributed by atoms with Crippen molar-refractivity contribution in [1.82, 2.24) is 4.98 Å². The third kappa shape index (κ3) is 5.43. The highest BCUT2D eigenvalue weighted by molar-refractivity contribution is 8.16. The minimum Gasteiger partial charge on any atom is -0.459 e. The van der Waals surface area contributed by atoms with Gasteiger partial charge in [0, 0.05) is 11.1 Å². The topological polar surface area (TPSA) is 84.2 Å². The molecular formula is C20H19N3O3S3. The quantitative estimate of drug-likeness (QED) is 0.553. The number of hydrogen-bond acceptors (Lipinski definition) is 7. The maximum absolute atomic E-state index is 12.4. The lowest BCUT2D eigenvalue weighted by molar-refractivity contribution is -0.115. The van der Waals surface area contributed by atoms with E-state index in [1.54, 1.807) is 17.5 Å². The van der Waals surface area contributed by atoms with E-state index >= 15 is 0 Å². The van der Waals surface area contributed by atoms with E-state index in [1.165, 1.54) is 41.1 Å². The summed E-state index contributed by atoms with van der Waals surface area (Å²) in [6, 6.07) is 11.3. The Morgan fingerprint density at radius 1 is 1.14 bits per heavy atom. The molecule has 2 amide bonds. The third-order valence-corrected chi connectivity index (χ3v) is 7.95. The molecule has 0 saturated carbocycles. The SMILES string of the molecule is O=C(Cc1csc(NC(=O)c2ccco2)n1)Nc1cccc(C2SCCCS2)c1. The lowest BCUT2D eigenvalue weighted by Gasteiger charge is -2.21. The molecule has 6 nitrogen and oxygen atoms in total. The zero-order valence-corrected chi connectivity index (χ0v) is 17.9. The maximum Gasteiger partial charge on any atom is 0.293 e. The molecule has 1 fully saturated rings. The number of nitrogens with zero attached hydrogens (tertiary/aromatic N) is 1. The fourth-order valence-corrected chi connectivity index (χ4v) is 6.40. The largest absolute Gasteiger partial charge is 0.459 e. The first-order valence-electron chi connectivity index (χ1n) is 9.10. The average Bonchev–Trinajstić information content (AvgIpc) is 3.41. The number of nitrogens with one attached hydrogen (secondary N) is 2. The summed E-state index contributed by atoms with van der Waals surface area (Å²) in [5, 5.41) is 7.82. The Balaban J connectivity index is 1.33. The highest BCUT2D eigenvalue weighted by atomic mass is 32.2. The van der Waals surface area contributed by atoms with Crippen molar-refractivity contribution in [2.24, 2.45) is 0 Å². The minimum absolute atomic E-state index is 0.139. The van der Waals surface area contributed by atoms with E-state index in [0.29, 0.717) is 15.4 Å². The van der Waals surface area contributed by atoms with E-state index < -0.39 is 0 Å². The second kappa shape index (κ2) is 9.51. The van der Waals surface area contributed by atoms with Crippen molar-refractivity contribution in [2.75, 3.05) is 22.1 Å². The number of carbonyl (C=O) groups is 2.